The molecule has 1 aromatic carbocycles. The van der Waals surface area contributed by atoms with Gasteiger partial charge in [0.15, 0.2) is 0 Å². The lowest BCUT2D eigenvalue weighted by Gasteiger charge is -2.23. The van der Waals surface area contributed by atoms with E-state index in [1.807, 2.05) is 25.1 Å². The molecule has 0 spiro atoms. The Morgan fingerprint density at radius 2 is 2.15 bits per heavy atom. The number of nitrogens with zero attached hydrogens (tertiary/aromatic N) is 2. The first-order valence-electron chi connectivity index (χ1n) is 8.67. The van der Waals surface area contributed by atoms with Crippen molar-refractivity contribution in [3.8, 4) is 5.88 Å². The molecule has 6 nitrogen and oxygen atoms in total. The number of thiazole rings is 1. The van der Waals surface area contributed by atoms with Crippen LogP contribution in [0.3, 0.4) is 0 Å². The van der Waals surface area contributed by atoms with E-state index in [0.717, 1.165) is 28.1 Å². The van der Waals surface area contributed by atoms with Crippen LogP contribution in [-0.4, -0.2) is 35.2 Å². The van der Waals surface area contributed by atoms with Crippen LogP contribution in [0.25, 0.3) is 10.2 Å². The second-order valence-corrected chi connectivity index (χ2v) is 7.95. The molecule has 0 bridgehead atoms. The van der Waals surface area contributed by atoms with Crippen LogP contribution in [0.1, 0.15) is 28.2 Å². The first-order chi connectivity index (χ1) is 13.1. The number of nitrogens with one attached hydrogen (secondary N) is 1. The maximum absolute atomic E-state index is 12.5. The van der Waals surface area contributed by atoms with Crippen molar-refractivity contribution in [2.24, 2.45) is 0 Å². The Kier molecular flexibility index (Phi) is 5.24. The molecular weight excluding hydrogens is 386 g/mol. The zero-order valence-corrected chi connectivity index (χ0v) is 16.3. The van der Waals surface area contributed by atoms with E-state index in [2.05, 4.69) is 15.3 Å². The predicted molar refractivity (Wildman–Crippen MR) is 106 cm³/mol. The van der Waals surface area contributed by atoms with Gasteiger partial charge in [0.1, 0.15) is 11.1 Å². The molecule has 0 unspecified atom stereocenters. The van der Waals surface area contributed by atoms with Crippen LogP contribution >= 0.6 is 22.9 Å². The normalized spacial score (nSPS) is 15.0. The lowest BCUT2D eigenvalue weighted by atomic mass is 10.1. The standard InChI is InChI=1S/C19H18ClN3O3S/c1-11-22-16-9-13(2-3-17(16)27-11)23-18(24)12-8-15(20)19(21-10-12)26-14-4-6-25-7-5-14/h2-3,8-10,14H,4-7H2,1H3,(H,23,24). The van der Waals surface area contributed by atoms with Crippen LogP contribution in [0.5, 0.6) is 5.88 Å². The zero-order valence-electron chi connectivity index (χ0n) is 14.7. The molecule has 0 saturated carbocycles. The fraction of sp³-hybridized carbons (Fsp3) is 0.316. The van der Waals surface area contributed by atoms with Crippen molar-refractivity contribution in [1.29, 1.82) is 0 Å². The molecule has 3 aromatic rings. The van der Waals surface area contributed by atoms with Gasteiger partial charge in [0.05, 0.1) is 34.0 Å². The Bertz CT molecular complexity index is 985. The fourth-order valence-electron chi connectivity index (χ4n) is 2.91. The summed E-state index contributed by atoms with van der Waals surface area (Å²) in [6, 6.07) is 7.24. The van der Waals surface area contributed by atoms with Gasteiger partial charge in [-0.1, -0.05) is 11.6 Å². The number of fused-ring (bicyclic) bond motifs is 1. The number of anilines is 1. The first-order valence-corrected chi connectivity index (χ1v) is 9.86. The zero-order chi connectivity index (χ0) is 18.8. The summed E-state index contributed by atoms with van der Waals surface area (Å²) in [6.45, 7) is 3.30. The minimum absolute atomic E-state index is 0.0386. The third kappa shape index (κ3) is 4.21. The van der Waals surface area contributed by atoms with Gasteiger partial charge in [0, 0.05) is 24.7 Å². The van der Waals surface area contributed by atoms with Crippen LogP contribution in [0.4, 0.5) is 5.69 Å². The Balaban J connectivity index is 1.46. The number of aromatic nitrogens is 2. The topological polar surface area (TPSA) is 73.3 Å². The Morgan fingerprint density at radius 3 is 2.93 bits per heavy atom. The van der Waals surface area contributed by atoms with Crippen LogP contribution in [-0.2, 0) is 4.74 Å². The second kappa shape index (κ2) is 7.80. The van der Waals surface area contributed by atoms with Crippen LogP contribution in [0.2, 0.25) is 5.02 Å². The van der Waals surface area contributed by atoms with Crippen LogP contribution < -0.4 is 10.1 Å². The summed E-state index contributed by atoms with van der Waals surface area (Å²) >= 11 is 7.89. The number of rotatable bonds is 4. The lowest BCUT2D eigenvalue weighted by Crippen LogP contribution is -2.26. The molecule has 8 heteroatoms. The molecule has 0 aliphatic carbocycles. The largest absolute Gasteiger partial charge is 0.473 e. The summed E-state index contributed by atoms with van der Waals surface area (Å²) in [6.07, 6.45) is 3.12. The van der Waals surface area contributed by atoms with E-state index in [0.29, 0.717) is 35.4 Å². The average molecular weight is 404 g/mol. The Morgan fingerprint density at radius 1 is 1.33 bits per heavy atom. The van der Waals surface area contributed by atoms with Crippen molar-refractivity contribution in [3.63, 3.8) is 0 Å². The lowest BCUT2D eigenvalue weighted by molar-refractivity contribution is 0.0238. The van der Waals surface area contributed by atoms with Gasteiger partial charge in [0.2, 0.25) is 5.88 Å². The number of pyridine rings is 1. The van der Waals surface area contributed by atoms with Crippen molar-refractivity contribution in [1.82, 2.24) is 9.97 Å². The molecular formula is C19H18ClN3O3S. The van der Waals surface area contributed by atoms with Gasteiger partial charge in [-0.15, -0.1) is 11.3 Å². The van der Waals surface area contributed by atoms with Crippen LogP contribution in [0, 0.1) is 6.92 Å². The third-order valence-corrected chi connectivity index (χ3v) is 5.49. The van der Waals surface area contributed by atoms with E-state index in [-0.39, 0.29) is 12.0 Å². The number of carbonyl (C=O) groups is 1. The number of amides is 1. The molecule has 4 rings (SSSR count). The quantitative estimate of drug-likeness (QED) is 0.696. The van der Waals surface area contributed by atoms with Gasteiger partial charge in [0.25, 0.3) is 5.91 Å². The molecule has 1 aliphatic heterocycles. The summed E-state index contributed by atoms with van der Waals surface area (Å²) in [5, 5.41) is 4.17. The number of hydrogen-bond donors (Lipinski definition) is 1. The predicted octanol–water partition coefficient (Wildman–Crippen LogP) is 4.46. The van der Waals surface area contributed by atoms with Crippen molar-refractivity contribution >= 4 is 44.7 Å². The van der Waals surface area contributed by atoms with E-state index >= 15 is 0 Å². The number of benzene rings is 1. The van der Waals surface area contributed by atoms with E-state index < -0.39 is 0 Å². The highest BCUT2D eigenvalue weighted by atomic mass is 35.5. The maximum atomic E-state index is 12.5. The molecule has 3 heterocycles. The number of carbonyl (C=O) groups excluding carboxylic acids is 1. The molecule has 1 amide bonds. The maximum Gasteiger partial charge on any atom is 0.257 e. The molecule has 1 fully saturated rings. The van der Waals surface area contributed by atoms with Crippen LogP contribution in [0.15, 0.2) is 30.5 Å². The van der Waals surface area contributed by atoms with Gasteiger partial charge >= 0.3 is 0 Å². The van der Waals surface area contributed by atoms with E-state index in [1.54, 1.807) is 17.4 Å². The smallest absolute Gasteiger partial charge is 0.257 e. The number of hydrogen-bond acceptors (Lipinski definition) is 6. The highest BCUT2D eigenvalue weighted by Crippen LogP contribution is 2.27. The monoisotopic (exact) mass is 403 g/mol. The summed E-state index contributed by atoms with van der Waals surface area (Å²) in [5.41, 5.74) is 1.91. The summed E-state index contributed by atoms with van der Waals surface area (Å²) in [4.78, 5) is 21.2. The van der Waals surface area contributed by atoms with Crippen molar-refractivity contribution in [3.05, 3.63) is 46.1 Å². The van der Waals surface area contributed by atoms with E-state index in [9.17, 15) is 4.79 Å². The molecule has 140 valence electrons. The number of aryl methyl sites for hydroxylation is 1. The highest BCUT2D eigenvalue weighted by Gasteiger charge is 2.18. The van der Waals surface area contributed by atoms with Gasteiger partial charge in [-0.3, -0.25) is 4.79 Å². The van der Waals surface area contributed by atoms with Gasteiger partial charge in [-0.25, -0.2) is 9.97 Å². The molecule has 1 aliphatic rings. The third-order valence-electron chi connectivity index (χ3n) is 4.27. The van der Waals surface area contributed by atoms with Gasteiger partial charge < -0.3 is 14.8 Å². The van der Waals surface area contributed by atoms with Crippen molar-refractivity contribution in [2.45, 2.75) is 25.9 Å². The van der Waals surface area contributed by atoms with Crippen molar-refractivity contribution in [2.75, 3.05) is 18.5 Å². The van der Waals surface area contributed by atoms with Gasteiger partial charge in [-0.05, 0) is 31.2 Å². The summed E-state index contributed by atoms with van der Waals surface area (Å²) in [7, 11) is 0. The second-order valence-electron chi connectivity index (χ2n) is 6.31. The number of ether oxygens (including phenoxy) is 2. The Hall–Kier alpha value is -2.22. The molecule has 1 N–H and O–H groups in total. The minimum Gasteiger partial charge on any atom is -0.473 e. The number of halogens is 1. The average Bonchev–Trinajstić information content (AvgIpc) is 3.03. The summed E-state index contributed by atoms with van der Waals surface area (Å²) in [5.74, 6) is 0.0628. The van der Waals surface area contributed by atoms with Gasteiger partial charge in [-0.2, -0.15) is 0 Å². The highest BCUT2D eigenvalue weighted by molar-refractivity contribution is 7.18. The SMILES string of the molecule is Cc1nc2cc(NC(=O)c3cnc(OC4CCOCC4)c(Cl)c3)ccc2s1. The van der Waals surface area contributed by atoms with E-state index in [1.165, 1.54) is 6.20 Å². The molecule has 27 heavy (non-hydrogen) atoms. The molecule has 1 saturated heterocycles. The molecule has 0 atom stereocenters. The molecule has 2 aromatic heterocycles. The Labute approximate surface area is 165 Å². The van der Waals surface area contributed by atoms with Crippen molar-refractivity contribution < 1.29 is 14.3 Å². The fourth-order valence-corrected chi connectivity index (χ4v) is 3.93. The first kappa shape index (κ1) is 18.2. The minimum atomic E-state index is -0.284. The van der Waals surface area contributed by atoms with E-state index in [4.69, 9.17) is 21.1 Å². The summed E-state index contributed by atoms with van der Waals surface area (Å²) < 4.78 is 12.2. The molecule has 0 radical (unpaired) electrons.